The molecule has 5 rings (SSSR count). The fourth-order valence-corrected chi connectivity index (χ4v) is 5.03. The van der Waals surface area contributed by atoms with Crippen LogP contribution >= 0.6 is 11.3 Å². The van der Waals surface area contributed by atoms with Crippen molar-refractivity contribution in [3.05, 3.63) is 75.2 Å². The summed E-state index contributed by atoms with van der Waals surface area (Å²) in [6.45, 7) is 8.16. The first-order chi connectivity index (χ1) is 16.0. The van der Waals surface area contributed by atoms with Gasteiger partial charge in [-0.1, -0.05) is 12.1 Å². The lowest BCUT2D eigenvalue weighted by molar-refractivity contribution is 0.0597. The van der Waals surface area contributed by atoms with Gasteiger partial charge in [0.15, 0.2) is 5.65 Å². The number of hydrogen-bond acceptors (Lipinski definition) is 5. The number of carbonyl (C=O) groups excluding carboxylic acids is 1. The maximum atomic E-state index is 13.5. The van der Waals surface area contributed by atoms with E-state index in [4.69, 9.17) is 9.72 Å². The highest BCUT2D eigenvalue weighted by atomic mass is 32.1. The van der Waals surface area contributed by atoms with Gasteiger partial charge < -0.3 is 9.64 Å². The van der Waals surface area contributed by atoms with E-state index < -0.39 is 0 Å². The van der Waals surface area contributed by atoms with Gasteiger partial charge in [0.2, 0.25) is 0 Å². The highest BCUT2D eigenvalue weighted by Gasteiger charge is 2.27. The maximum absolute atomic E-state index is 13.5. The van der Waals surface area contributed by atoms with Crippen molar-refractivity contribution in [2.45, 2.75) is 46.3 Å². The third-order valence-corrected chi connectivity index (χ3v) is 7.22. The number of benzene rings is 1. The van der Waals surface area contributed by atoms with Crippen LogP contribution in [0.1, 0.15) is 44.9 Å². The summed E-state index contributed by atoms with van der Waals surface area (Å²) in [7, 11) is 0. The van der Waals surface area contributed by atoms with Crippen molar-refractivity contribution in [2.75, 3.05) is 13.1 Å². The summed E-state index contributed by atoms with van der Waals surface area (Å²) >= 11 is 1.69. The summed E-state index contributed by atoms with van der Waals surface area (Å²) in [5.74, 6) is 0.957. The van der Waals surface area contributed by atoms with Crippen LogP contribution in [0.3, 0.4) is 0 Å². The summed E-state index contributed by atoms with van der Waals surface area (Å²) in [4.78, 5) is 21.3. The molecule has 4 aromatic rings. The number of likely N-dealkylation sites (tertiary alicyclic amines) is 1. The molecule has 1 fully saturated rings. The molecule has 0 saturated carbocycles. The zero-order chi connectivity index (χ0) is 22.9. The van der Waals surface area contributed by atoms with Crippen molar-refractivity contribution in [2.24, 2.45) is 0 Å². The second kappa shape index (κ2) is 8.98. The molecule has 0 aliphatic carbocycles. The van der Waals surface area contributed by atoms with Gasteiger partial charge in [0.05, 0.1) is 23.7 Å². The number of aromatic nitrogens is 3. The average Bonchev–Trinajstić information content (AvgIpc) is 3.46. The molecule has 3 aromatic heterocycles. The van der Waals surface area contributed by atoms with Crippen molar-refractivity contribution in [1.29, 1.82) is 0 Å². The molecule has 0 bridgehead atoms. The molecule has 170 valence electrons. The lowest BCUT2D eigenvalue weighted by atomic mass is 10.0. The fourth-order valence-electron chi connectivity index (χ4n) is 4.34. The number of rotatable bonds is 5. The molecule has 0 N–H and O–H groups in total. The predicted octanol–water partition coefficient (Wildman–Crippen LogP) is 5.15. The molecule has 7 heteroatoms. The Bertz CT molecular complexity index is 1290. The Hall–Kier alpha value is -3.19. The Morgan fingerprint density at radius 3 is 2.67 bits per heavy atom. The summed E-state index contributed by atoms with van der Waals surface area (Å²) in [6, 6.07) is 12.2. The number of carbonyl (C=O) groups is 1. The van der Waals surface area contributed by atoms with Crippen LogP contribution in [-0.4, -0.2) is 44.8 Å². The van der Waals surface area contributed by atoms with Crippen LogP contribution in [0.15, 0.2) is 48.0 Å². The Morgan fingerprint density at radius 2 is 1.94 bits per heavy atom. The van der Waals surface area contributed by atoms with Crippen molar-refractivity contribution < 1.29 is 9.53 Å². The number of ether oxygens (including phenoxy) is 1. The van der Waals surface area contributed by atoms with Crippen molar-refractivity contribution in [3.8, 4) is 5.75 Å². The van der Waals surface area contributed by atoms with Crippen LogP contribution in [0.5, 0.6) is 5.75 Å². The second-order valence-electron chi connectivity index (χ2n) is 8.79. The van der Waals surface area contributed by atoms with Crippen LogP contribution in [0.2, 0.25) is 0 Å². The number of thiophene rings is 1. The molecule has 1 aliphatic rings. The minimum Gasteiger partial charge on any atom is -0.490 e. The molecular formula is C26H28N4O2S. The van der Waals surface area contributed by atoms with E-state index in [-0.39, 0.29) is 12.0 Å². The van der Waals surface area contributed by atoms with E-state index in [9.17, 15) is 4.79 Å². The second-order valence-corrected chi connectivity index (χ2v) is 9.82. The lowest BCUT2D eigenvalue weighted by Gasteiger charge is -2.32. The molecule has 1 amide bonds. The molecule has 1 aliphatic heterocycles. The standard InChI is InChI=1S/C26H28N4O2S/c1-17-6-7-21(13-18(17)2)32-20-8-10-29(11-9-20)26(31)23-14-19(3)28-25-24(23)15-27-30(25)16-22-5-4-12-33-22/h4-7,12-15,20H,8-11,16H2,1-3H3. The Morgan fingerprint density at radius 1 is 1.12 bits per heavy atom. The molecule has 4 heterocycles. The van der Waals surface area contributed by atoms with Crippen LogP contribution < -0.4 is 4.74 Å². The summed E-state index contributed by atoms with van der Waals surface area (Å²) in [5, 5.41) is 7.41. The van der Waals surface area contributed by atoms with E-state index in [0.717, 1.165) is 35.3 Å². The number of pyridine rings is 1. The monoisotopic (exact) mass is 460 g/mol. The number of nitrogens with zero attached hydrogens (tertiary/aromatic N) is 4. The molecule has 0 radical (unpaired) electrons. The predicted molar refractivity (Wildman–Crippen MR) is 131 cm³/mol. The largest absolute Gasteiger partial charge is 0.490 e. The molecule has 1 aromatic carbocycles. The molecule has 0 unspecified atom stereocenters. The third-order valence-electron chi connectivity index (χ3n) is 6.36. The zero-order valence-corrected chi connectivity index (χ0v) is 20.1. The Labute approximate surface area is 197 Å². The highest BCUT2D eigenvalue weighted by molar-refractivity contribution is 7.09. The SMILES string of the molecule is Cc1cc(C(=O)N2CCC(Oc3ccc(C)c(C)c3)CC2)c2cnn(Cc3cccs3)c2n1. The number of piperidine rings is 1. The molecular weight excluding hydrogens is 432 g/mol. The molecule has 1 saturated heterocycles. The molecule has 33 heavy (non-hydrogen) atoms. The Kier molecular flexibility index (Phi) is 5.89. The number of amides is 1. The van der Waals surface area contributed by atoms with E-state index in [1.807, 2.05) is 34.7 Å². The minimum absolute atomic E-state index is 0.0470. The van der Waals surface area contributed by atoms with Crippen molar-refractivity contribution >= 4 is 28.3 Å². The molecule has 0 atom stereocenters. The Balaban J connectivity index is 1.30. The van der Waals surface area contributed by atoms with E-state index in [1.165, 1.54) is 16.0 Å². The van der Waals surface area contributed by atoms with Crippen molar-refractivity contribution in [1.82, 2.24) is 19.7 Å². The quantitative estimate of drug-likeness (QED) is 0.413. The van der Waals surface area contributed by atoms with Gasteiger partial charge in [0, 0.05) is 36.5 Å². The van der Waals surface area contributed by atoms with Crippen LogP contribution in [0, 0.1) is 20.8 Å². The first kappa shape index (κ1) is 21.6. The van der Waals surface area contributed by atoms with Crippen LogP contribution in [0.4, 0.5) is 0 Å². The van der Waals surface area contributed by atoms with E-state index in [2.05, 4.69) is 42.5 Å². The summed E-state index contributed by atoms with van der Waals surface area (Å²) in [5.41, 5.74) is 4.77. The lowest BCUT2D eigenvalue weighted by Crippen LogP contribution is -2.41. The normalized spacial score (nSPS) is 14.7. The fraction of sp³-hybridized carbons (Fsp3) is 0.346. The highest BCUT2D eigenvalue weighted by Crippen LogP contribution is 2.25. The first-order valence-corrected chi connectivity index (χ1v) is 12.2. The van der Waals surface area contributed by atoms with Crippen molar-refractivity contribution in [3.63, 3.8) is 0 Å². The summed E-state index contributed by atoms with van der Waals surface area (Å²) in [6.07, 6.45) is 3.55. The number of hydrogen-bond donors (Lipinski definition) is 0. The van der Waals surface area contributed by atoms with Gasteiger partial charge in [-0.15, -0.1) is 11.3 Å². The van der Waals surface area contributed by atoms with Gasteiger partial charge in [-0.2, -0.15) is 5.10 Å². The molecule has 6 nitrogen and oxygen atoms in total. The van der Waals surface area contributed by atoms with Gasteiger partial charge in [-0.3, -0.25) is 4.79 Å². The average molecular weight is 461 g/mol. The van der Waals surface area contributed by atoms with Gasteiger partial charge in [-0.25, -0.2) is 9.67 Å². The van der Waals surface area contributed by atoms with E-state index >= 15 is 0 Å². The number of fused-ring (bicyclic) bond motifs is 1. The van der Waals surface area contributed by atoms with E-state index in [0.29, 0.717) is 25.2 Å². The smallest absolute Gasteiger partial charge is 0.254 e. The van der Waals surface area contributed by atoms with Gasteiger partial charge >= 0.3 is 0 Å². The zero-order valence-electron chi connectivity index (χ0n) is 19.2. The first-order valence-electron chi connectivity index (χ1n) is 11.4. The molecule has 0 spiro atoms. The van der Waals surface area contributed by atoms with Gasteiger partial charge in [-0.05, 0) is 61.5 Å². The van der Waals surface area contributed by atoms with Gasteiger partial charge in [0.1, 0.15) is 11.9 Å². The maximum Gasteiger partial charge on any atom is 0.254 e. The topological polar surface area (TPSA) is 60.3 Å². The van der Waals surface area contributed by atoms with E-state index in [1.54, 1.807) is 17.5 Å². The van der Waals surface area contributed by atoms with Gasteiger partial charge in [0.25, 0.3) is 5.91 Å². The van der Waals surface area contributed by atoms with Crippen LogP contribution in [-0.2, 0) is 6.54 Å². The van der Waals surface area contributed by atoms with Crippen LogP contribution in [0.25, 0.3) is 11.0 Å². The number of aryl methyl sites for hydroxylation is 3. The minimum atomic E-state index is 0.0470. The third kappa shape index (κ3) is 4.50. The summed E-state index contributed by atoms with van der Waals surface area (Å²) < 4.78 is 8.09.